The molecule has 31 heavy (non-hydrogen) atoms. The van der Waals surface area contributed by atoms with E-state index in [2.05, 4.69) is 37.4 Å². The minimum Gasteiger partial charge on any atom is -0.492 e. The van der Waals surface area contributed by atoms with E-state index in [9.17, 15) is 10.2 Å². The Labute approximate surface area is 186 Å². The molecular formula is C27H37NO3. The first kappa shape index (κ1) is 22.3. The molecule has 0 heterocycles. The lowest BCUT2D eigenvalue weighted by atomic mass is 9.49. The van der Waals surface area contributed by atoms with Crippen LogP contribution >= 0.6 is 0 Å². The lowest BCUT2D eigenvalue weighted by molar-refractivity contribution is -0.205. The fourth-order valence-corrected chi connectivity index (χ4v) is 6.22. The van der Waals surface area contributed by atoms with Gasteiger partial charge in [0.25, 0.3) is 0 Å². The highest BCUT2D eigenvalue weighted by atomic mass is 16.5. The van der Waals surface area contributed by atoms with Crippen LogP contribution in [0.4, 0.5) is 0 Å². The molecule has 0 aliphatic heterocycles. The van der Waals surface area contributed by atoms with Crippen LogP contribution in [-0.2, 0) is 17.4 Å². The third-order valence-corrected chi connectivity index (χ3v) is 7.93. The van der Waals surface area contributed by atoms with Gasteiger partial charge < -0.3 is 20.3 Å². The van der Waals surface area contributed by atoms with Crippen LogP contribution in [0.3, 0.4) is 0 Å². The zero-order valence-corrected chi connectivity index (χ0v) is 19.2. The van der Waals surface area contributed by atoms with Gasteiger partial charge in [-0.1, -0.05) is 50.2 Å². The molecule has 2 aliphatic carbocycles. The van der Waals surface area contributed by atoms with Crippen molar-refractivity contribution < 1.29 is 14.9 Å². The number of likely N-dealkylation sites (N-methyl/N-ethyl adjacent to an activating group) is 1. The number of aryl methyl sites for hydroxylation is 1. The summed E-state index contributed by atoms with van der Waals surface area (Å²) in [7, 11) is 0. The summed E-state index contributed by atoms with van der Waals surface area (Å²) < 4.78 is 5.96. The fraction of sp³-hybridized carbons (Fsp3) is 0.556. The Morgan fingerprint density at radius 1 is 1.10 bits per heavy atom. The third kappa shape index (κ3) is 3.79. The molecule has 0 bridgehead atoms. The van der Waals surface area contributed by atoms with Crippen LogP contribution < -0.4 is 10.1 Å². The summed E-state index contributed by atoms with van der Waals surface area (Å²) >= 11 is 0. The van der Waals surface area contributed by atoms with Gasteiger partial charge in [0.05, 0.1) is 5.60 Å². The van der Waals surface area contributed by atoms with Gasteiger partial charge in [-0.05, 0) is 80.3 Å². The van der Waals surface area contributed by atoms with E-state index in [1.807, 2.05) is 37.3 Å². The molecule has 3 N–H and O–H groups in total. The molecule has 4 nitrogen and oxygen atoms in total. The van der Waals surface area contributed by atoms with Crippen molar-refractivity contribution in [2.45, 2.75) is 69.5 Å². The number of hydrogen-bond acceptors (Lipinski definition) is 4. The van der Waals surface area contributed by atoms with Gasteiger partial charge >= 0.3 is 0 Å². The second-order valence-electron chi connectivity index (χ2n) is 9.65. The number of aliphatic hydroxyl groups is 2. The summed E-state index contributed by atoms with van der Waals surface area (Å²) in [6, 6.07) is 16.2. The van der Waals surface area contributed by atoms with Crippen molar-refractivity contribution in [2.24, 2.45) is 5.92 Å². The number of benzene rings is 2. The first-order valence-electron chi connectivity index (χ1n) is 11.8. The van der Waals surface area contributed by atoms with Gasteiger partial charge in [-0.15, -0.1) is 0 Å². The Morgan fingerprint density at radius 2 is 1.87 bits per heavy atom. The maximum absolute atomic E-state index is 11.8. The molecule has 4 heteroatoms. The van der Waals surface area contributed by atoms with Gasteiger partial charge in [-0.2, -0.15) is 0 Å². The number of rotatable bonds is 7. The molecule has 1 fully saturated rings. The summed E-state index contributed by atoms with van der Waals surface area (Å²) in [4.78, 5) is 0. The quantitative estimate of drug-likeness (QED) is 0.581. The molecule has 0 radical (unpaired) electrons. The van der Waals surface area contributed by atoms with E-state index in [1.165, 1.54) is 11.1 Å². The molecule has 168 valence electrons. The van der Waals surface area contributed by atoms with Crippen LogP contribution in [0.25, 0.3) is 0 Å². The van der Waals surface area contributed by atoms with Gasteiger partial charge in [-0.3, -0.25) is 0 Å². The first-order valence-corrected chi connectivity index (χ1v) is 11.8. The Bertz CT molecular complexity index is 897. The van der Waals surface area contributed by atoms with Gasteiger partial charge in [-0.25, -0.2) is 0 Å². The molecule has 0 aromatic heterocycles. The molecule has 1 saturated carbocycles. The maximum atomic E-state index is 11.8. The number of fused-ring (bicyclic) bond motifs is 3. The highest BCUT2D eigenvalue weighted by Crippen LogP contribution is 2.60. The van der Waals surface area contributed by atoms with Gasteiger partial charge in [0.2, 0.25) is 0 Å². The van der Waals surface area contributed by atoms with Gasteiger partial charge in [0.1, 0.15) is 18.0 Å². The third-order valence-electron chi connectivity index (χ3n) is 7.93. The predicted octanol–water partition coefficient (Wildman–Crippen LogP) is 4.32. The molecular weight excluding hydrogens is 386 g/mol. The fourth-order valence-electron chi connectivity index (χ4n) is 6.22. The molecule has 2 aromatic carbocycles. The zero-order chi connectivity index (χ0) is 22.1. The standard InChI is InChI=1S/C27H37NO3/c1-4-26-19-25(3,29)27(30,21-9-7-6-8-10-21)18-22(26)12-11-20-17-23(13-14-24(20)26)31-16-15-28-5-2/h6-10,13-14,17,22,28-30H,4-5,11-12,15-16,18-19H2,1-3H3/t22?,25-,26?,27?/m1/s1. The van der Waals surface area contributed by atoms with Crippen molar-refractivity contribution in [3.8, 4) is 5.75 Å². The van der Waals surface area contributed by atoms with Crippen molar-refractivity contribution >= 4 is 0 Å². The molecule has 0 saturated heterocycles. The van der Waals surface area contributed by atoms with E-state index >= 15 is 0 Å². The van der Waals surface area contributed by atoms with Crippen LogP contribution in [0, 0.1) is 5.92 Å². The van der Waals surface area contributed by atoms with E-state index in [-0.39, 0.29) is 5.41 Å². The number of hydrogen-bond donors (Lipinski definition) is 3. The minimum atomic E-state index is -1.23. The van der Waals surface area contributed by atoms with Gasteiger partial charge in [0.15, 0.2) is 0 Å². The molecule has 0 spiro atoms. The lowest BCUT2D eigenvalue weighted by Crippen LogP contribution is -2.62. The summed E-state index contributed by atoms with van der Waals surface area (Å²) in [6.45, 7) is 8.59. The number of nitrogens with one attached hydrogen (secondary N) is 1. The maximum Gasteiger partial charge on any atom is 0.119 e. The second-order valence-corrected chi connectivity index (χ2v) is 9.65. The molecule has 2 aliphatic rings. The van der Waals surface area contributed by atoms with Crippen molar-refractivity contribution in [3.05, 3.63) is 65.2 Å². The van der Waals surface area contributed by atoms with Crippen molar-refractivity contribution in [1.29, 1.82) is 0 Å². The largest absolute Gasteiger partial charge is 0.492 e. The van der Waals surface area contributed by atoms with Crippen molar-refractivity contribution in [3.63, 3.8) is 0 Å². The minimum absolute atomic E-state index is 0.125. The van der Waals surface area contributed by atoms with Crippen LogP contribution in [0.5, 0.6) is 5.75 Å². The summed E-state index contributed by atoms with van der Waals surface area (Å²) in [6.07, 6.45) is 4.09. The molecule has 4 atom stereocenters. The van der Waals surface area contributed by atoms with Crippen LogP contribution in [-0.4, -0.2) is 35.5 Å². The topological polar surface area (TPSA) is 61.7 Å². The van der Waals surface area contributed by atoms with Crippen LogP contribution in [0.15, 0.2) is 48.5 Å². The molecule has 3 unspecified atom stereocenters. The zero-order valence-electron chi connectivity index (χ0n) is 19.2. The Kier molecular flexibility index (Phi) is 6.17. The van der Waals surface area contributed by atoms with E-state index in [0.29, 0.717) is 25.4 Å². The normalized spacial score (nSPS) is 32.2. The highest BCUT2D eigenvalue weighted by molar-refractivity contribution is 5.45. The average molecular weight is 424 g/mol. The van der Waals surface area contributed by atoms with E-state index < -0.39 is 11.2 Å². The number of ether oxygens (including phenoxy) is 1. The second kappa shape index (κ2) is 8.57. The Balaban J connectivity index is 1.65. The van der Waals surface area contributed by atoms with Crippen molar-refractivity contribution in [2.75, 3.05) is 19.7 Å². The van der Waals surface area contributed by atoms with Crippen LogP contribution in [0.2, 0.25) is 0 Å². The van der Waals surface area contributed by atoms with E-state index in [0.717, 1.165) is 43.7 Å². The van der Waals surface area contributed by atoms with E-state index in [4.69, 9.17) is 4.74 Å². The molecule has 0 amide bonds. The SMILES string of the molecule is CCNCCOc1ccc2c(c1)CCC1CC(O)(c3ccccc3)[C@](C)(O)CC21CC. The van der Waals surface area contributed by atoms with Crippen LogP contribution in [0.1, 0.15) is 63.1 Å². The first-order chi connectivity index (χ1) is 14.9. The smallest absolute Gasteiger partial charge is 0.119 e. The summed E-state index contributed by atoms with van der Waals surface area (Å²) in [5, 5.41) is 26.7. The Hall–Kier alpha value is -1.88. The molecule has 4 rings (SSSR count). The molecule has 2 aromatic rings. The summed E-state index contributed by atoms with van der Waals surface area (Å²) in [5.74, 6) is 1.25. The van der Waals surface area contributed by atoms with Crippen molar-refractivity contribution in [1.82, 2.24) is 5.32 Å². The summed E-state index contributed by atoms with van der Waals surface area (Å²) in [5.41, 5.74) is 0.919. The lowest BCUT2D eigenvalue weighted by Gasteiger charge is -2.59. The predicted molar refractivity (Wildman–Crippen MR) is 124 cm³/mol. The van der Waals surface area contributed by atoms with E-state index in [1.54, 1.807) is 0 Å². The highest BCUT2D eigenvalue weighted by Gasteiger charge is 2.60. The monoisotopic (exact) mass is 423 g/mol. The average Bonchev–Trinajstić information content (AvgIpc) is 2.78. The van der Waals surface area contributed by atoms with Gasteiger partial charge in [0, 0.05) is 12.0 Å². The Morgan fingerprint density at radius 3 is 2.58 bits per heavy atom.